The number of ketones is 1. The molecule has 0 spiro atoms. The number of esters is 1. The lowest BCUT2D eigenvalue weighted by atomic mass is 9.94. The first-order valence-electron chi connectivity index (χ1n) is 5.96. The topological polar surface area (TPSA) is 65.0 Å². The van der Waals surface area contributed by atoms with Gasteiger partial charge in [0, 0.05) is 23.4 Å². The second kappa shape index (κ2) is 5.77. The summed E-state index contributed by atoms with van der Waals surface area (Å²) in [6.45, 7) is 1.72. The number of aliphatic imine (C=N–C) groups is 1. The lowest BCUT2D eigenvalue weighted by molar-refractivity contribution is -0.144. The SMILES string of the molecule is CCOC(=O)C1C=Nc2ccc(OC(F)(F)Cl)cc2C1=O. The van der Waals surface area contributed by atoms with Crippen molar-refractivity contribution in [1.82, 2.24) is 0 Å². The zero-order chi connectivity index (χ0) is 15.6. The molecule has 0 saturated carbocycles. The Labute approximate surface area is 123 Å². The number of carbonyl (C=O) groups is 2. The van der Waals surface area contributed by atoms with E-state index in [0.717, 1.165) is 6.07 Å². The molecular formula is C13H10ClF2NO4. The van der Waals surface area contributed by atoms with Gasteiger partial charge in [0.15, 0.2) is 11.7 Å². The van der Waals surface area contributed by atoms with Gasteiger partial charge in [-0.1, -0.05) is 0 Å². The minimum absolute atomic E-state index is 0.00558. The first-order chi connectivity index (χ1) is 9.81. The second-order valence-electron chi connectivity index (χ2n) is 4.10. The number of benzene rings is 1. The lowest BCUT2D eigenvalue weighted by Gasteiger charge is -2.17. The molecule has 1 heterocycles. The molecule has 0 bridgehead atoms. The van der Waals surface area contributed by atoms with Gasteiger partial charge in [0.1, 0.15) is 5.75 Å². The van der Waals surface area contributed by atoms with E-state index in [-0.39, 0.29) is 23.6 Å². The van der Waals surface area contributed by atoms with Gasteiger partial charge in [-0.25, -0.2) is 0 Å². The molecule has 1 aliphatic rings. The van der Waals surface area contributed by atoms with E-state index in [9.17, 15) is 18.4 Å². The molecule has 1 unspecified atom stereocenters. The zero-order valence-corrected chi connectivity index (χ0v) is 11.6. The number of rotatable bonds is 4. The van der Waals surface area contributed by atoms with E-state index >= 15 is 0 Å². The van der Waals surface area contributed by atoms with Gasteiger partial charge >= 0.3 is 11.5 Å². The van der Waals surface area contributed by atoms with Crippen LogP contribution in [0.3, 0.4) is 0 Å². The van der Waals surface area contributed by atoms with Crippen molar-refractivity contribution >= 4 is 35.3 Å². The summed E-state index contributed by atoms with van der Waals surface area (Å²) in [5.74, 6) is -2.83. The molecule has 5 nitrogen and oxygen atoms in total. The fourth-order valence-electron chi connectivity index (χ4n) is 1.81. The maximum absolute atomic E-state index is 12.6. The molecule has 21 heavy (non-hydrogen) atoms. The van der Waals surface area contributed by atoms with Crippen LogP contribution in [0.1, 0.15) is 17.3 Å². The van der Waals surface area contributed by atoms with Gasteiger partial charge in [0.2, 0.25) is 0 Å². The van der Waals surface area contributed by atoms with E-state index in [0.29, 0.717) is 0 Å². The molecule has 112 valence electrons. The third-order valence-electron chi connectivity index (χ3n) is 2.65. The van der Waals surface area contributed by atoms with E-state index in [2.05, 4.69) is 21.3 Å². The number of Topliss-reactive ketones (excluding diaryl/α,β-unsaturated/α-hetero) is 1. The van der Waals surface area contributed by atoms with Gasteiger partial charge in [-0.15, -0.1) is 8.78 Å². The zero-order valence-electron chi connectivity index (χ0n) is 10.8. The number of hydrogen-bond acceptors (Lipinski definition) is 5. The molecule has 2 rings (SSSR count). The largest absolute Gasteiger partial charge is 0.487 e. The Balaban J connectivity index is 2.30. The number of alkyl halides is 3. The minimum atomic E-state index is -3.89. The fraction of sp³-hybridized carbons (Fsp3) is 0.308. The van der Waals surface area contributed by atoms with Gasteiger partial charge in [0.05, 0.1) is 12.3 Å². The molecule has 1 aromatic carbocycles. The van der Waals surface area contributed by atoms with Gasteiger partial charge in [-0.05, 0) is 25.1 Å². The molecule has 0 saturated heterocycles. The molecule has 0 aliphatic carbocycles. The smallest absolute Gasteiger partial charge is 0.465 e. The molecular weight excluding hydrogens is 308 g/mol. The van der Waals surface area contributed by atoms with Crippen molar-refractivity contribution in [3.63, 3.8) is 0 Å². The molecule has 0 amide bonds. The Hall–Kier alpha value is -2.02. The number of halogens is 3. The summed E-state index contributed by atoms with van der Waals surface area (Å²) < 4.78 is 34.1. The highest BCUT2D eigenvalue weighted by Gasteiger charge is 2.33. The first kappa shape index (κ1) is 15.4. The molecule has 1 aliphatic heterocycles. The first-order valence-corrected chi connectivity index (χ1v) is 6.34. The minimum Gasteiger partial charge on any atom is -0.465 e. The third-order valence-corrected chi connectivity index (χ3v) is 2.73. The van der Waals surface area contributed by atoms with E-state index in [4.69, 9.17) is 4.74 Å². The highest BCUT2D eigenvalue weighted by molar-refractivity contribution is 6.22. The molecule has 0 radical (unpaired) electrons. The summed E-state index contributed by atoms with van der Waals surface area (Å²) in [7, 11) is 0. The quantitative estimate of drug-likeness (QED) is 0.486. The van der Waals surface area contributed by atoms with Crippen LogP contribution < -0.4 is 4.74 Å². The van der Waals surface area contributed by atoms with E-state index in [1.54, 1.807) is 6.92 Å². The standard InChI is InChI=1S/C13H10ClF2NO4/c1-2-20-12(19)9-6-17-10-4-3-7(21-13(14,15)16)5-8(10)11(9)18/h3-6,9H,2H2,1H3. The Morgan fingerprint density at radius 2 is 2.19 bits per heavy atom. The van der Waals surface area contributed by atoms with Crippen LogP contribution in [0.5, 0.6) is 5.75 Å². The predicted octanol–water partition coefficient (Wildman–Crippen LogP) is 2.93. The van der Waals surface area contributed by atoms with Crippen LogP contribution in [0.15, 0.2) is 23.2 Å². The number of hydrogen-bond donors (Lipinski definition) is 0. The number of carbonyl (C=O) groups excluding carboxylic acids is 2. The molecule has 0 aromatic heterocycles. The highest BCUT2D eigenvalue weighted by atomic mass is 35.5. The Bertz CT molecular complexity index is 613. The van der Waals surface area contributed by atoms with Crippen molar-refractivity contribution in [2.24, 2.45) is 10.9 Å². The maximum Gasteiger partial charge on any atom is 0.487 e. The van der Waals surface area contributed by atoms with Crippen molar-refractivity contribution < 1.29 is 27.8 Å². The molecule has 0 N–H and O–H groups in total. The average molecular weight is 318 g/mol. The van der Waals surface area contributed by atoms with Crippen LogP contribution >= 0.6 is 11.6 Å². The monoisotopic (exact) mass is 317 g/mol. The fourth-order valence-corrected chi connectivity index (χ4v) is 1.90. The summed E-state index contributed by atoms with van der Waals surface area (Å²) >= 11 is 4.66. The number of ether oxygens (including phenoxy) is 2. The van der Waals surface area contributed by atoms with Crippen molar-refractivity contribution in [2.45, 2.75) is 12.5 Å². The number of nitrogens with zero attached hydrogens (tertiary/aromatic N) is 1. The van der Waals surface area contributed by atoms with Crippen LogP contribution in [0.2, 0.25) is 0 Å². The van der Waals surface area contributed by atoms with E-state index in [1.807, 2.05) is 0 Å². The highest BCUT2D eigenvalue weighted by Crippen LogP contribution is 2.33. The Morgan fingerprint density at radius 1 is 1.48 bits per heavy atom. The van der Waals surface area contributed by atoms with Crippen LogP contribution in [-0.4, -0.2) is 30.1 Å². The van der Waals surface area contributed by atoms with Crippen molar-refractivity contribution in [2.75, 3.05) is 6.61 Å². The summed E-state index contributed by atoms with van der Waals surface area (Å²) in [5.41, 5.74) is -3.64. The van der Waals surface area contributed by atoms with Gasteiger partial charge in [-0.2, -0.15) is 0 Å². The molecule has 1 atom stereocenters. The normalized spacial score (nSPS) is 17.3. The lowest BCUT2D eigenvalue weighted by Crippen LogP contribution is -2.29. The van der Waals surface area contributed by atoms with E-state index < -0.39 is 23.2 Å². The third kappa shape index (κ3) is 3.55. The number of fused-ring (bicyclic) bond motifs is 1. The summed E-state index contributed by atoms with van der Waals surface area (Å²) in [6, 6.07) is 3.59. The maximum atomic E-state index is 12.6. The van der Waals surface area contributed by atoms with Gasteiger partial charge in [-0.3, -0.25) is 14.6 Å². The Kier molecular flexibility index (Phi) is 4.22. The van der Waals surface area contributed by atoms with Crippen molar-refractivity contribution in [3.8, 4) is 5.75 Å². The molecule has 8 heteroatoms. The Morgan fingerprint density at radius 3 is 2.81 bits per heavy atom. The van der Waals surface area contributed by atoms with Gasteiger partial charge in [0.25, 0.3) is 0 Å². The van der Waals surface area contributed by atoms with Crippen LogP contribution in [0.25, 0.3) is 0 Å². The van der Waals surface area contributed by atoms with Crippen LogP contribution in [0.4, 0.5) is 14.5 Å². The molecule has 0 fully saturated rings. The van der Waals surface area contributed by atoms with Crippen molar-refractivity contribution in [1.29, 1.82) is 0 Å². The predicted molar refractivity (Wildman–Crippen MR) is 70.5 cm³/mol. The summed E-state index contributed by atoms with van der Waals surface area (Å²) in [5, 5.41) is 0. The van der Waals surface area contributed by atoms with E-state index in [1.165, 1.54) is 18.3 Å². The second-order valence-corrected chi connectivity index (χ2v) is 4.54. The average Bonchev–Trinajstić information content (AvgIpc) is 2.38. The van der Waals surface area contributed by atoms with Crippen LogP contribution in [-0.2, 0) is 9.53 Å². The van der Waals surface area contributed by atoms with Gasteiger partial charge < -0.3 is 9.47 Å². The van der Waals surface area contributed by atoms with Crippen LogP contribution in [0, 0.1) is 5.92 Å². The summed E-state index contributed by atoms with van der Waals surface area (Å²) in [6.07, 6.45) is 1.17. The van der Waals surface area contributed by atoms with Crippen molar-refractivity contribution in [3.05, 3.63) is 23.8 Å². The molecule has 1 aromatic rings. The summed E-state index contributed by atoms with van der Waals surface area (Å²) in [4.78, 5) is 27.8.